The van der Waals surface area contributed by atoms with Crippen molar-refractivity contribution in [3.8, 4) is 0 Å². The van der Waals surface area contributed by atoms with Crippen LogP contribution in [0.25, 0.3) is 0 Å². The van der Waals surface area contributed by atoms with Gasteiger partial charge in [-0.15, -0.1) is 0 Å². The van der Waals surface area contributed by atoms with Crippen LogP contribution in [0.3, 0.4) is 0 Å². The van der Waals surface area contributed by atoms with Crippen LogP contribution in [0.5, 0.6) is 0 Å². The number of rotatable bonds is 2. The van der Waals surface area contributed by atoms with Crippen LogP contribution in [0.15, 0.2) is 6.20 Å². The van der Waals surface area contributed by atoms with Crippen LogP contribution in [0.1, 0.15) is 48.6 Å². The van der Waals surface area contributed by atoms with Crippen LogP contribution in [-0.4, -0.2) is 10.1 Å². The smallest absolute Gasteiger partial charge is 0.0968 e. The minimum Gasteiger partial charge on any atom is -0.387 e. The molecule has 1 aromatic heterocycles. The summed E-state index contributed by atoms with van der Waals surface area (Å²) in [6.45, 7) is 4.16. The lowest BCUT2D eigenvalue weighted by molar-refractivity contribution is 0.107. The molecule has 0 radical (unpaired) electrons. The van der Waals surface area contributed by atoms with Gasteiger partial charge in [0.25, 0.3) is 0 Å². The Morgan fingerprint density at radius 3 is 2.50 bits per heavy atom. The van der Waals surface area contributed by atoms with E-state index >= 15 is 0 Å². The van der Waals surface area contributed by atoms with E-state index in [1.807, 2.05) is 6.20 Å². The second kappa shape index (κ2) is 3.77. The molecule has 0 spiro atoms. The molecule has 1 atom stereocenters. The molecular weight excluding hydrogens is 174 g/mol. The van der Waals surface area contributed by atoms with Crippen molar-refractivity contribution in [2.45, 2.75) is 45.6 Å². The van der Waals surface area contributed by atoms with E-state index in [9.17, 15) is 5.11 Å². The molecule has 14 heavy (non-hydrogen) atoms. The quantitative estimate of drug-likeness (QED) is 0.744. The molecule has 0 aliphatic heterocycles. The highest BCUT2D eigenvalue weighted by Crippen LogP contribution is 2.36. The normalized spacial score (nSPS) is 20.2. The van der Waals surface area contributed by atoms with Gasteiger partial charge in [0.1, 0.15) is 0 Å². The zero-order valence-corrected chi connectivity index (χ0v) is 9.01. The highest BCUT2D eigenvalue weighted by molar-refractivity contribution is 5.30. The first-order valence-electron chi connectivity index (χ1n) is 5.52. The summed E-state index contributed by atoms with van der Waals surface area (Å²) in [6, 6.07) is 0. The molecule has 1 unspecified atom stereocenters. The third-order valence-electron chi connectivity index (χ3n) is 3.58. The lowest BCUT2D eigenvalue weighted by Crippen LogP contribution is -2.10. The number of aliphatic hydroxyl groups excluding tert-OH is 1. The zero-order valence-electron chi connectivity index (χ0n) is 9.01. The summed E-state index contributed by atoms with van der Waals surface area (Å²) in [5.41, 5.74) is 3.51. The number of aryl methyl sites for hydroxylation is 1. The van der Waals surface area contributed by atoms with E-state index in [4.69, 9.17) is 0 Å². The maximum Gasteiger partial charge on any atom is 0.0968 e. The molecule has 2 heteroatoms. The molecular formula is C12H19NO. The van der Waals surface area contributed by atoms with Crippen molar-refractivity contribution >= 4 is 0 Å². The highest BCUT2D eigenvalue weighted by atomic mass is 16.3. The summed E-state index contributed by atoms with van der Waals surface area (Å²) < 4.78 is 0. The van der Waals surface area contributed by atoms with Gasteiger partial charge in [-0.1, -0.05) is 12.8 Å². The summed E-state index contributed by atoms with van der Waals surface area (Å²) in [6.07, 6.45) is 6.63. The van der Waals surface area contributed by atoms with Gasteiger partial charge in [0.15, 0.2) is 0 Å². The van der Waals surface area contributed by atoms with Crippen molar-refractivity contribution < 1.29 is 5.11 Å². The maximum absolute atomic E-state index is 10.2. The minimum absolute atomic E-state index is 0.272. The first-order valence-corrected chi connectivity index (χ1v) is 5.52. The lowest BCUT2D eigenvalue weighted by Gasteiger charge is -2.17. The molecule has 1 heterocycles. The van der Waals surface area contributed by atoms with E-state index in [1.54, 1.807) is 0 Å². The predicted molar refractivity (Wildman–Crippen MR) is 57.2 cm³/mol. The zero-order chi connectivity index (χ0) is 10.1. The fraction of sp³-hybridized carbons (Fsp3) is 0.667. The average Bonchev–Trinajstić information content (AvgIpc) is 2.77. The minimum atomic E-state index is -0.272. The average molecular weight is 193 g/mol. The second-order valence-corrected chi connectivity index (χ2v) is 4.50. The fourth-order valence-corrected chi connectivity index (χ4v) is 2.43. The predicted octanol–water partition coefficient (Wildman–Crippen LogP) is 2.86. The van der Waals surface area contributed by atoms with Crippen LogP contribution in [-0.2, 0) is 0 Å². The SMILES string of the molecule is Cc1c[nH]c(C(O)C2CCCC2)c1C. The van der Waals surface area contributed by atoms with E-state index in [1.165, 1.54) is 36.8 Å². The van der Waals surface area contributed by atoms with Crippen molar-refractivity contribution in [2.75, 3.05) is 0 Å². The first kappa shape index (κ1) is 9.78. The summed E-state index contributed by atoms with van der Waals surface area (Å²) in [7, 11) is 0. The molecule has 0 saturated heterocycles. The topological polar surface area (TPSA) is 36.0 Å². The summed E-state index contributed by atoms with van der Waals surface area (Å²) in [5.74, 6) is 0.478. The molecule has 0 amide bonds. The maximum atomic E-state index is 10.2. The number of aromatic amines is 1. The van der Waals surface area contributed by atoms with Gasteiger partial charge in [0.2, 0.25) is 0 Å². The Hall–Kier alpha value is -0.760. The van der Waals surface area contributed by atoms with Gasteiger partial charge in [-0.2, -0.15) is 0 Å². The van der Waals surface area contributed by atoms with Gasteiger partial charge in [0, 0.05) is 11.9 Å². The molecule has 78 valence electrons. The summed E-state index contributed by atoms with van der Waals surface area (Å²) in [5, 5.41) is 10.2. The molecule has 1 saturated carbocycles. The number of aliphatic hydroxyl groups is 1. The van der Waals surface area contributed by atoms with E-state index in [2.05, 4.69) is 18.8 Å². The first-order chi connectivity index (χ1) is 6.70. The number of hydrogen-bond acceptors (Lipinski definition) is 1. The van der Waals surface area contributed by atoms with Gasteiger partial charge >= 0.3 is 0 Å². The second-order valence-electron chi connectivity index (χ2n) is 4.50. The molecule has 0 aromatic carbocycles. The molecule has 1 aliphatic rings. The highest BCUT2D eigenvalue weighted by Gasteiger charge is 2.26. The van der Waals surface area contributed by atoms with Crippen LogP contribution in [0.2, 0.25) is 0 Å². The third-order valence-corrected chi connectivity index (χ3v) is 3.58. The van der Waals surface area contributed by atoms with E-state index in [-0.39, 0.29) is 6.10 Å². The number of aromatic nitrogens is 1. The Bertz CT molecular complexity index is 310. The van der Waals surface area contributed by atoms with Gasteiger partial charge in [-0.3, -0.25) is 0 Å². The molecule has 2 nitrogen and oxygen atoms in total. The van der Waals surface area contributed by atoms with Crippen molar-refractivity contribution in [2.24, 2.45) is 5.92 Å². The van der Waals surface area contributed by atoms with E-state index in [0.29, 0.717) is 5.92 Å². The molecule has 1 aromatic rings. The lowest BCUT2D eigenvalue weighted by atomic mass is 9.96. The molecule has 1 aliphatic carbocycles. The standard InChI is InChI=1S/C12H19NO/c1-8-7-13-11(9(8)2)12(14)10-5-3-4-6-10/h7,10,12-14H,3-6H2,1-2H3. The van der Waals surface area contributed by atoms with Crippen molar-refractivity contribution in [1.82, 2.24) is 4.98 Å². The van der Waals surface area contributed by atoms with Gasteiger partial charge in [-0.05, 0) is 43.7 Å². The van der Waals surface area contributed by atoms with E-state index < -0.39 is 0 Å². The van der Waals surface area contributed by atoms with E-state index in [0.717, 1.165) is 5.69 Å². The van der Waals surface area contributed by atoms with Gasteiger partial charge < -0.3 is 10.1 Å². The number of H-pyrrole nitrogens is 1. The van der Waals surface area contributed by atoms with Gasteiger partial charge in [0.05, 0.1) is 6.10 Å². The molecule has 1 fully saturated rings. The van der Waals surface area contributed by atoms with Crippen molar-refractivity contribution in [1.29, 1.82) is 0 Å². The largest absolute Gasteiger partial charge is 0.387 e. The van der Waals surface area contributed by atoms with Crippen LogP contribution < -0.4 is 0 Å². The van der Waals surface area contributed by atoms with Gasteiger partial charge in [-0.25, -0.2) is 0 Å². The summed E-state index contributed by atoms with van der Waals surface area (Å²) in [4.78, 5) is 3.20. The van der Waals surface area contributed by atoms with Crippen LogP contribution in [0.4, 0.5) is 0 Å². The Morgan fingerprint density at radius 1 is 1.36 bits per heavy atom. The van der Waals surface area contributed by atoms with Crippen molar-refractivity contribution in [3.63, 3.8) is 0 Å². The van der Waals surface area contributed by atoms with Crippen LogP contribution in [0, 0.1) is 19.8 Å². The molecule has 0 bridgehead atoms. The number of nitrogens with one attached hydrogen (secondary N) is 1. The van der Waals surface area contributed by atoms with Crippen LogP contribution >= 0.6 is 0 Å². The number of hydrogen-bond donors (Lipinski definition) is 2. The van der Waals surface area contributed by atoms with Crippen molar-refractivity contribution in [3.05, 3.63) is 23.0 Å². The fourth-order valence-electron chi connectivity index (χ4n) is 2.43. The Morgan fingerprint density at radius 2 is 2.00 bits per heavy atom. The third kappa shape index (κ3) is 1.59. The summed E-state index contributed by atoms with van der Waals surface area (Å²) >= 11 is 0. The molecule has 2 rings (SSSR count). The monoisotopic (exact) mass is 193 g/mol. The Labute approximate surface area is 85.3 Å². The molecule has 2 N–H and O–H groups in total. The Kier molecular flexibility index (Phi) is 2.64. The Balaban J connectivity index is 2.17.